The van der Waals surface area contributed by atoms with Gasteiger partial charge in [-0.2, -0.15) is 0 Å². The summed E-state index contributed by atoms with van der Waals surface area (Å²) in [7, 11) is 0. The van der Waals surface area contributed by atoms with Gasteiger partial charge in [-0.05, 0) is 56.6 Å². The van der Waals surface area contributed by atoms with Crippen LogP contribution in [0.15, 0.2) is 12.1 Å². The van der Waals surface area contributed by atoms with Crippen molar-refractivity contribution in [3.8, 4) is 0 Å². The van der Waals surface area contributed by atoms with Gasteiger partial charge < -0.3 is 10.0 Å². The van der Waals surface area contributed by atoms with Gasteiger partial charge in [-0.3, -0.25) is 0 Å². The Kier molecular flexibility index (Phi) is 3.25. The fraction of sp³-hybridized carbons (Fsp3) is 0.667. The average molecular weight is 246 g/mol. The third kappa shape index (κ3) is 2.24. The van der Waals surface area contributed by atoms with Crippen LogP contribution in [0.4, 0.5) is 5.82 Å². The summed E-state index contributed by atoms with van der Waals surface area (Å²) in [6.07, 6.45) is 5.60. The first-order valence-electron chi connectivity index (χ1n) is 7.16. The van der Waals surface area contributed by atoms with Crippen molar-refractivity contribution in [3.63, 3.8) is 0 Å². The van der Waals surface area contributed by atoms with Crippen molar-refractivity contribution in [2.45, 2.75) is 45.1 Å². The highest BCUT2D eigenvalue weighted by atomic mass is 16.3. The molecule has 1 saturated heterocycles. The van der Waals surface area contributed by atoms with Crippen molar-refractivity contribution in [3.05, 3.63) is 23.4 Å². The third-order valence-electron chi connectivity index (χ3n) is 4.46. The van der Waals surface area contributed by atoms with E-state index in [1.807, 2.05) is 6.92 Å². The van der Waals surface area contributed by atoms with Crippen LogP contribution < -0.4 is 4.90 Å². The predicted molar refractivity (Wildman–Crippen MR) is 72.9 cm³/mol. The van der Waals surface area contributed by atoms with E-state index in [1.165, 1.54) is 24.1 Å². The molecule has 2 heterocycles. The normalized spacial score (nSPS) is 22.0. The second kappa shape index (κ2) is 4.88. The van der Waals surface area contributed by atoms with E-state index < -0.39 is 0 Å². The minimum absolute atomic E-state index is 0.167. The summed E-state index contributed by atoms with van der Waals surface area (Å²) in [4.78, 5) is 7.18. The van der Waals surface area contributed by atoms with E-state index in [0.29, 0.717) is 5.92 Å². The Morgan fingerprint density at radius 1 is 1.28 bits per heavy atom. The molecule has 0 radical (unpaired) electrons. The summed E-state index contributed by atoms with van der Waals surface area (Å²) in [5.41, 5.74) is 2.75. The van der Waals surface area contributed by atoms with Crippen molar-refractivity contribution in [1.82, 2.24) is 4.98 Å². The van der Waals surface area contributed by atoms with E-state index in [9.17, 15) is 5.11 Å². The number of aromatic nitrogens is 1. The van der Waals surface area contributed by atoms with Gasteiger partial charge in [0.25, 0.3) is 0 Å². The minimum atomic E-state index is -0.167. The summed E-state index contributed by atoms with van der Waals surface area (Å²) < 4.78 is 0. The zero-order valence-corrected chi connectivity index (χ0v) is 11.1. The number of hydrogen-bond donors (Lipinski definition) is 1. The average Bonchev–Trinajstić information content (AvgIpc) is 2.86. The van der Waals surface area contributed by atoms with Crippen LogP contribution in [0.5, 0.6) is 0 Å². The molecule has 3 heteroatoms. The molecule has 1 aliphatic heterocycles. The topological polar surface area (TPSA) is 36.4 Å². The summed E-state index contributed by atoms with van der Waals surface area (Å²) >= 11 is 0. The fourth-order valence-electron chi connectivity index (χ4n) is 3.20. The third-order valence-corrected chi connectivity index (χ3v) is 4.46. The van der Waals surface area contributed by atoms with Crippen LogP contribution >= 0.6 is 0 Å². The second-order valence-corrected chi connectivity index (χ2v) is 5.69. The van der Waals surface area contributed by atoms with Gasteiger partial charge >= 0.3 is 0 Å². The lowest BCUT2D eigenvalue weighted by Crippen LogP contribution is -2.37. The molecule has 1 aromatic heterocycles. The molecule has 0 spiro atoms. The largest absolute Gasteiger partial charge is 0.393 e. The number of nitrogens with zero attached hydrogens (tertiary/aromatic N) is 2. The Morgan fingerprint density at radius 3 is 2.78 bits per heavy atom. The maximum atomic E-state index is 9.63. The van der Waals surface area contributed by atoms with Gasteiger partial charge in [0.05, 0.1) is 6.10 Å². The molecule has 1 unspecified atom stereocenters. The second-order valence-electron chi connectivity index (χ2n) is 5.69. The van der Waals surface area contributed by atoms with E-state index in [2.05, 4.69) is 17.0 Å². The standard InChI is InChI=1S/C15H22N2O/c1-11(18)12-7-9-17(10-8-12)15-6-5-13-3-2-4-14(13)16-15/h5-6,11-12,18H,2-4,7-10H2,1H3. The molecule has 1 N–H and O–H groups in total. The number of aryl methyl sites for hydroxylation is 2. The van der Waals surface area contributed by atoms with Crippen LogP contribution in [0.1, 0.15) is 37.4 Å². The SMILES string of the molecule is CC(O)C1CCN(c2ccc3c(n2)CCC3)CC1. The zero-order chi connectivity index (χ0) is 12.5. The Balaban J connectivity index is 1.69. The van der Waals surface area contributed by atoms with Gasteiger partial charge in [0, 0.05) is 18.8 Å². The van der Waals surface area contributed by atoms with E-state index in [-0.39, 0.29) is 6.10 Å². The van der Waals surface area contributed by atoms with Gasteiger partial charge in [0.15, 0.2) is 0 Å². The molecule has 3 nitrogen and oxygen atoms in total. The maximum Gasteiger partial charge on any atom is 0.128 e. The summed E-state index contributed by atoms with van der Waals surface area (Å²) in [5, 5.41) is 9.63. The molecule has 3 rings (SSSR count). The highest BCUT2D eigenvalue weighted by Gasteiger charge is 2.24. The Bertz CT molecular complexity index is 423. The Labute approximate surface area is 109 Å². The molecule has 0 bridgehead atoms. The van der Waals surface area contributed by atoms with Crippen molar-refractivity contribution >= 4 is 5.82 Å². The Hall–Kier alpha value is -1.09. The smallest absolute Gasteiger partial charge is 0.128 e. The molecule has 0 saturated carbocycles. The van der Waals surface area contributed by atoms with Crippen LogP contribution in [0.2, 0.25) is 0 Å². The van der Waals surface area contributed by atoms with Crippen LogP contribution in [0, 0.1) is 5.92 Å². The van der Waals surface area contributed by atoms with Gasteiger partial charge in [0.2, 0.25) is 0 Å². The van der Waals surface area contributed by atoms with E-state index in [0.717, 1.165) is 38.2 Å². The molecular formula is C15H22N2O. The Morgan fingerprint density at radius 2 is 2.06 bits per heavy atom. The molecular weight excluding hydrogens is 224 g/mol. The number of fused-ring (bicyclic) bond motifs is 1. The number of anilines is 1. The summed E-state index contributed by atoms with van der Waals surface area (Å²) in [6.45, 7) is 3.97. The summed E-state index contributed by atoms with van der Waals surface area (Å²) in [6, 6.07) is 4.43. The lowest BCUT2D eigenvalue weighted by atomic mass is 9.92. The lowest BCUT2D eigenvalue weighted by molar-refractivity contribution is 0.110. The molecule has 1 aliphatic carbocycles. The molecule has 1 atom stereocenters. The molecule has 0 aromatic carbocycles. The van der Waals surface area contributed by atoms with Gasteiger partial charge in [-0.25, -0.2) is 4.98 Å². The first-order valence-corrected chi connectivity index (χ1v) is 7.16. The molecule has 0 amide bonds. The minimum Gasteiger partial charge on any atom is -0.393 e. The summed E-state index contributed by atoms with van der Waals surface area (Å²) in [5.74, 6) is 1.61. The monoisotopic (exact) mass is 246 g/mol. The van der Waals surface area contributed by atoms with Crippen LogP contribution in [0.3, 0.4) is 0 Å². The van der Waals surface area contributed by atoms with Crippen LogP contribution in [-0.4, -0.2) is 29.3 Å². The van der Waals surface area contributed by atoms with Crippen molar-refractivity contribution in [2.24, 2.45) is 5.92 Å². The van der Waals surface area contributed by atoms with Crippen LogP contribution in [-0.2, 0) is 12.8 Å². The van der Waals surface area contributed by atoms with E-state index in [1.54, 1.807) is 0 Å². The molecule has 2 aliphatic rings. The quantitative estimate of drug-likeness (QED) is 0.869. The van der Waals surface area contributed by atoms with Crippen LogP contribution in [0.25, 0.3) is 0 Å². The fourth-order valence-corrected chi connectivity index (χ4v) is 3.20. The van der Waals surface area contributed by atoms with Crippen molar-refractivity contribution < 1.29 is 5.11 Å². The van der Waals surface area contributed by atoms with E-state index in [4.69, 9.17) is 4.98 Å². The van der Waals surface area contributed by atoms with E-state index >= 15 is 0 Å². The number of rotatable bonds is 2. The van der Waals surface area contributed by atoms with Crippen molar-refractivity contribution in [1.29, 1.82) is 0 Å². The van der Waals surface area contributed by atoms with Gasteiger partial charge in [0.1, 0.15) is 5.82 Å². The number of hydrogen-bond acceptors (Lipinski definition) is 3. The predicted octanol–water partition coefficient (Wildman–Crippen LogP) is 2.17. The van der Waals surface area contributed by atoms with Crippen molar-refractivity contribution in [2.75, 3.05) is 18.0 Å². The number of aliphatic hydroxyl groups is 1. The zero-order valence-electron chi connectivity index (χ0n) is 11.1. The number of aliphatic hydroxyl groups excluding tert-OH is 1. The molecule has 98 valence electrons. The lowest BCUT2D eigenvalue weighted by Gasteiger charge is -2.34. The highest BCUT2D eigenvalue weighted by molar-refractivity contribution is 5.43. The molecule has 1 aromatic rings. The van der Waals surface area contributed by atoms with Gasteiger partial charge in [-0.15, -0.1) is 0 Å². The van der Waals surface area contributed by atoms with Gasteiger partial charge in [-0.1, -0.05) is 6.07 Å². The number of piperidine rings is 1. The first-order chi connectivity index (χ1) is 8.74. The number of pyridine rings is 1. The molecule has 1 fully saturated rings. The first kappa shape index (κ1) is 12.0. The maximum absolute atomic E-state index is 9.63. The highest BCUT2D eigenvalue weighted by Crippen LogP contribution is 2.27. The molecule has 18 heavy (non-hydrogen) atoms.